The molecule has 3 aromatic carbocycles. The molecule has 264 valence electrons. The van der Waals surface area contributed by atoms with Gasteiger partial charge in [-0.3, -0.25) is 9.36 Å². The maximum Gasteiger partial charge on any atom is 0.346 e. The van der Waals surface area contributed by atoms with Gasteiger partial charge in [0.05, 0.1) is 21.8 Å². The number of rotatable bonds is 8. The highest BCUT2D eigenvalue weighted by Gasteiger charge is 2.22. The van der Waals surface area contributed by atoms with Crippen LogP contribution in [-0.2, 0) is 6.42 Å². The Hall–Kier alpha value is -4.46. The molecule has 2 aliphatic carbocycles. The van der Waals surface area contributed by atoms with Gasteiger partial charge in [-0.25, -0.2) is 14.8 Å². The Balaban J connectivity index is 0.000000187. The zero-order chi connectivity index (χ0) is 35.2. The van der Waals surface area contributed by atoms with Crippen LogP contribution in [0.25, 0.3) is 21.8 Å². The van der Waals surface area contributed by atoms with Crippen molar-refractivity contribution in [2.75, 3.05) is 23.9 Å². The molecule has 2 saturated carbocycles. The van der Waals surface area contributed by atoms with E-state index in [2.05, 4.69) is 72.2 Å². The Morgan fingerprint density at radius 2 is 1.28 bits per heavy atom. The van der Waals surface area contributed by atoms with Crippen LogP contribution in [0.15, 0.2) is 80.7 Å². The molecular formula is C42H53N5O3. The van der Waals surface area contributed by atoms with E-state index in [4.69, 9.17) is 9.40 Å². The number of nitrogens with zero attached hydrogens (tertiary/aromatic N) is 5. The molecule has 0 saturated heterocycles. The second kappa shape index (κ2) is 16.0. The molecule has 50 heavy (non-hydrogen) atoms. The largest absolute Gasteiger partial charge is 0.408 e. The lowest BCUT2D eigenvalue weighted by Crippen LogP contribution is -2.33. The second-order valence-corrected chi connectivity index (χ2v) is 14.3. The van der Waals surface area contributed by atoms with Gasteiger partial charge in [0.2, 0.25) is 0 Å². The van der Waals surface area contributed by atoms with Crippen LogP contribution in [0.4, 0.5) is 11.4 Å². The molecule has 8 heteroatoms. The minimum Gasteiger partial charge on any atom is -0.408 e. The fourth-order valence-corrected chi connectivity index (χ4v) is 8.00. The number of anilines is 2. The van der Waals surface area contributed by atoms with E-state index < -0.39 is 0 Å². The average Bonchev–Trinajstić information content (AvgIpc) is 3.15. The van der Waals surface area contributed by atoms with Crippen LogP contribution >= 0.6 is 0 Å². The summed E-state index contributed by atoms with van der Waals surface area (Å²) in [5.74, 6) is 1.21. The van der Waals surface area contributed by atoms with Gasteiger partial charge in [0.1, 0.15) is 5.82 Å². The van der Waals surface area contributed by atoms with Crippen LogP contribution in [0.1, 0.15) is 101 Å². The second-order valence-electron chi connectivity index (χ2n) is 14.3. The summed E-state index contributed by atoms with van der Waals surface area (Å²) in [4.78, 5) is 39.2. The standard InChI is InChI=1S/C26H33N3O.C16H20N2O2/c1-4-21(17-20-11-7-5-8-12-20)29-19(2)27-25-16-15-23(18-24(25)26(29)30)28(3)22-13-9-6-10-14-22;1-11-17-15-9-8-13(10-14(15)16(19)20-11)18(2)12-6-4-3-5-7-12/h5,7-8,11-12,15-16,18,21-22H,4,6,9-10,13-14,17H2,1-3H3;8-10,12H,3-7H2,1-2H3/t21-;/m1./s1. The van der Waals surface area contributed by atoms with Gasteiger partial charge in [0, 0.05) is 50.5 Å². The van der Waals surface area contributed by atoms with Crippen molar-refractivity contribution in [3.8, 4) is 0 Å². The molecule has 5 aromatic rings. The van der Waals surface area contributed by atoms with Crippen LogP contribution in [0.3, 0.4) is 0 Å². The van der Waals surface area contributed by atoms with Crippen LogP contribution in [0.2, 0.25) is 0 Å². The van der Waals surface area contributed by atoms with E-state index in [1.807, 2.05) is 41.8 Å². The van der Waals surface area contributed by atoms with E-state index in [0.717, 1.165) is 40.9 Å². The van der Waals surface area contributed by atoms with Crippen LogP contribution in [-0.4, -0.2) is 40.7 Å². The summed E-state index contributed by atoms with van der Waals surface area (Å²) in [6.45, 7) is 5.80. The van der Waals surface area contributed by atoms with Crippen molar-refractivity contribution in [3.63, 3.8) is 0 Å². The lowest BCUT2D eigenvalue weighted by atomic mass is 9.94. The predicted molar refractivity (Wildman–Crippen MR) is 206 cm³/mol. The molecule has 2 heterocycles. The molecule has 0 amide bonds. The van der Waals surface area contributed by atoms with Gasteiger partial charge in [-0.1, -0.05) is 75.8 Å². The minimum atomic E-state index is -0.300. The predicted octanol–water partition coefficient (Wildman–Crippen LogP) is 8.93. The quantitative estimate of drug-likeness (QED) is 0.162. The van der Waals surface area contributed by atoms with Crippen molar-refractivity contribution in [2.24, 2.45) is 0 Å². The van der Waals surface area contributed by atoms with Gasteiger partial charge < -0.3 is 14.2 Å². The molecule has 0 aliphatic heterocycles. The van der Waals surface area contributed by atoms with Crippen molar-refractivity contribution in [1.82, 2.24) is 14.5 Å². The van der Waals surface area contributed by atoms with E-state index in [9.17, 15) is 9.59 Å². The van der Waals surface area contributed by atoms with Gasteiger partial charge in [-0.05, 0) is 87.4 Å². The first kappa shape index (κ1) is 35.4. The normalized spacial score (nSPS) is 16.2. The Morgan fingerprint density at radius 1 is 0.740 bits per heavy atom. The molecule has 0 unspecified atom stereocenters. The third-order valence-corrected chi connectivity index (χ3v) is 11.0. The summed E-state index contributed by atoms with van der Waals surface area (Å²) < 4.78 is 7.00. The number of benzene rings is 3. The molecule has 0 N–H and O–H groups in total. The molecule has 7 rings (SSSR count). The van der Waals surface area contributed by atoms with Crippen molar-refractivity contribution in [1.29, 1.82) is 0 Å². The monoisotopic (exact) mass is 675 g/mol. The topological polar surface area (TPSA) is 84.5 Å². The summed E-state index contributed by atoms with van der Waals surface area (Å²) in [6, 6.07) is 23.7. The zero-order valence-corrected chi connectivity index (χ0v) is 30.5. The van der Waals surface area contributed by atoms with Gasteiger partial charge in [-0.15, -0.1) is 0 Å². The highest BCUT2D eigenvalue weighted by molar-refractivity contribution is 5.82. The smallest absolute Gasteiger partial charge is 0.346 e. The molecule has 2 aromatic heterocycles. The van der Waals surface area contributed by atoms with Crippen molar-refractivity contribution in [3.05, 3.63) is 105 Å². The molecular weight excluding hydrogens is 622 g/mol. The molecule has 2 fully saturated rings. The molecule has 0 spiro atoms. The Morgan fingerprint density at radius 3 is 1.84 bits per heavy atom. The number of fused-ring (bicyclic) bond motifs is 2. The number of aromatic nitrogens is 3. The molecule has 0 bridgehead atoms. The zero-order valence-electron chi connectivity index (χ0n) is 30.5. The molecule has 8 nitrogen and oxygen atoms in total. The highest BCUT2D eigenvalue weighted by Crippen LogP contribution is 2.29. The first-order valence-corrected chi connectivity index (χ1v) is 18.7. The van der Waals surface area contributed by atoms with Crippen molar-refractivity contribution in [2.45, 2.75) is 116 Å². The summed E-state index contributed by atoms with van der Waals surface area (Å²) in [7, 11) is 4.28. The summed E-state index contributed by atoms with van der Waals surface area (Å²) in [6.07, 6.45) is 14.5. The van der Waals surface area contributed by atoms with Crippen molar-refractivity contribution < 1.29 is 4.42 Å². The van der Waals surface area contributed by atoms with Crippen LogP contribution in [0, 0.1) is 13.8 Å². The van der Waals surface area contributed by atoms with Crippen LogP contribution in [0.5, 0.6) is 0 Å². The van der Waals surface area contributed by atoms with E-state index in [1.54, 1.807) is 6.92 Å². The van der Waals surface area contributed by atoms with E-state index >= 15 is 0 Å². The molecule has 0 radical (unpaired) electrons. The summed E-state index contributed by atoms with van der Waals surface area (Å²) >= 11 is 0. The fraction of sp³-hybridized carbons (Fsp3) is 0.476. The van der Waals surface area contributed by atoms with E-state index in [1.165, 1.54) is 69.8 Å². The molecule has 2 aliphatic rings. The van der Waals surface area contributed by atoms with Gasteiger partial charge in [-0.2, -0.15) is 0 Å². The van der Waals surface area contributed by atoms with Gasteiger partial charge in [0.25, 0.3) is 5.56 Å². The Labute approximate surface area is 296 Å². The SMILES string of the molecule is CC[C@H](Cc1ccccc1)n1c(C)nc2ccc(N(C)C3CCCCC3)cc2c1=O.Cc1nc2ccc(N(C)C3CCCCC3)cc2c(=O)o1. The van der Waals surface area contributed by atoms with Gasteiger partial charge in [0.15, 0.2) is 5.89 Å². The van der Waals surface area contributed by atoms with Crippen LogP contribution < -0.4 is 21.0 Å². The Kier molecular flexibility index (Phi) is 11.4. The summed E-state index contributed by atoms with van der Waals surface area (Å²) in [5.41, 5.74) is 4.73. The summed E-state index contributed by atoms with van der Waals surface area (Å²) in [5, 5.41) is 1.29. The maximum absolute atomic E-state index is 13.6. The number of hydrogen-bond acceptors (Lipinski definition) is 7. The Bertz CT molecular complexity index is 2010. The van der Waals surface area contributed by atoms with Gasteiger partial charge >= 0.3 is 5.63 Å². The molecule has 1 atom stereocenters. The van der Waals surface area contributed by atoms with E-state index in [-0.39, 0.29) is 17.2 Å². The number of aryl methyl sites for hydroxylation is 2. The maximum atomic E-state index is 13.6. The number of hydrogen-bond donors (Lipinski definition) is 0. The van der Waals surface area contributed by atoms with Crippen molar-refractivity contribution >= 4 is 33.2 Å². The first-order chi connectivity index (χ1) is 24.2. The third-order valence-electron chi connectivity index (χ3n) is 11.0. The fourth-order valence-electron chi connectivity index (χ4n) is 8.00. The minimum absolute atomic E-state index is 0.0826. The first-order valence-electron chi connectivity index (χ1n) is 18.7. The lowest BCUT2D eigenvalue weighted by molar-refractivity contribution is 0.427. The lowest BCUT2D eigenvalue weighted by Gasteiger charge is -2.33. The highest BCUT2D eigenvalue weighted by atomic mass is 16.4. The van der Waals surface area contributed by atoms with E-state index in [0.29, 0.717) is 28.9 Å². The third kappa shape index (κ3) is 7.95. The average molecular weight is 676 g/mol.